The molecule has 0 saturated carbocycles. The summed E-state index contributed by atoms with van der Waals surface area (Å²) in [5.41, 5.74) is -2.62. The van der Waals surface area contributed by atoms with Crippen LogP contribution in [0, 0.1) is 5.41 Å². The minimum atomic E-state index is -5.18. The van der Waals surface area contributed by atoms with Gasteiger partial charge in [-0.05, 0) is 43.2 Å². The Hall–Kier alpha value is -4.49. The highest BCUT2D eigenvalue weighted by molar-refractivity contribution is 6.23. The maximum atomic E-state index is 14.6. The molecule has 1 fully saturated rings. The molecule has 1 atom stereocenters. The van der Waals surface area contributed by atoms with Crippen LogP contribution in [0.25, 0.3) is 0 Å². The van der Waals surface area contributed by atoms with E-state index in [1.807, 2.05) is 0 Å². The van der Waals surface area contributed by atoms with E-state index in [0.29, 0.717) is 5.56 Å². The molecule has 0 aromatic heterocycles. The number of carbonyl (C=O) groups is 3. The summed E-state index contributed by atoms with van der Waals surface area (Å²) in [5, 5.41) is 13.0. The second kappa shape index (κ2) is 13.0. The lowest BCUT2D eigenvalue weighted by Crippen LogP contribution is -2.39. The molecule has 1 aliphatic heterocycles. The van der Waals surface area contributed by atoms with Gasteiger partial charge >= 0.3 is 24.0 Å². The number of hydrogen-bond acceptors (Lipinski definition) is 8. The zero-order valence-electron chi connectivity index (χ0n) is 22.9. The highest BCUT2D eigenvalue weighted by Gasteiger charge is 2.44. The number of nitrogens with zero attached hydrogens (tertiary/aromatic N) is 1. The van der Waals surface area contributed by atoms with E-state index < -0.39 is 52.8 Å². The maximum absolute atomic E-state index is 14.6. The van der Waals surface area contributed by atoms with Crippen molar-refractivity contribution in [1.82, 2.24) is 15.5 Å². The monoisotopic (exact) mass is 596 g/mol. The summed E-state index contributed by atoms with van der Waals surface area (Å²) in [6.07, 6.45) is -5.18. The normalized spacial score (nSPS) is 15.4. The topological polar surface area (TPSA) is 121 Å². The fourth-order valence-corrected chi connectivity index (χ4v) is 4.22. The molecule has 1 aliphatic rings. The van der Waals surface area contributed by atoms with Crippen molar-refractivity contribution < 1.29 is 45.8 Å². The number of halogens is 5. The van der Waals surface area contributed by atoms with Gasteiger partial charge in [0.25, 0.3) is 5.91 Å². The van der Waals surface area contributed by atoms with Gasteiger partial charge in [-0.3, -0.25) is 10.2 Å². The molecule has 2 aromatic carbocycles. The summed E-state index contributed by atoms with van der Waals surface area (Å²) in [7, 11) is 1.21. The van der Waals surface area contributed by atoms with E-state index in [-0.39, 0.29) is 43.2 Å². The average Bonchev–Trinajstić information content (AvgIpc) is 3.39. The molecule has 42 heavy (non-hydrogen) atoms. The molecular weight excluding hydrogens is 567 g/mol. The van der Waals surface area contributed by atoms with Gasteiger partial charge in [-0.25, -0.2) is 9.59 Å². The first-order valence-corrected chi connectivity index (χ1v) is 12.7. The van der Waals surface area contributed by atoms with Gasteiger partial charge in [0.1, 0.15) is 11.4 Å². The van der Waals surface area contributed by atoms with E-state index in [2.05, 4.69) is 20.1 Å². The van der Waals surface area contributed by atoms with Crippen LogP contribution >= 0.6 is 0 Å². The molecule has 3 rings (SSSR count). The number of carbonyl (C=O) groups excluding carboxylic acids is 3. The zero-order chi connectivity index (χ0) is 31.2. The maximum Gasteiger partial charge on any atom is 0.433 e. The van der Waals surface area contributed by atoms with Crippen molar-refractivity contribution in [3.63, 3.8) is 0 Å². The standard InChI is InChI=1S/C28H29F5N4O5/c1-4-42-26(40)27(29,30)20-7-5-6-17(14-20)15-37-13-12-35-23(37)21(22(34)28(31,32)33)24(38)36-16(2)18-8-10-19(11-9-18)25(39)41-3/h5-11,14,16,34-35H,4,12-13,15H2,1-3H3,(H,36,38)/b23-21-,34-22?. The minimum absolute atomic E-state index is 0.0975. The fraction of sp³-hybridized carbons (Fsp3) is 0.357. The van der Waals surface area contributed by atoms with Gasteiger partial charge in [-0.15, -0.1) is 0 Å². The van der Waals surface area contributed by atoms with Crippen molar-refractivity contribution in [2.75, 3.05) is 26.8 Å². The number of rotatable bonds is 10. The first-order valence-electron chi connectivity index (χ1n) is 12.7. The molecule has 1 saturated heterocycles. The molecule has 0 aliphatic carbocycles. The van der Waals surface area contributed by atoms with E-state index in [0.717, 1.165) is 12.1 Å². The Morgan fingerprint density at radius 3 is 2.36 bits per heavy atom. The number of alkyl halides is 5. The van der Waals surface area contributed by atoms with Crippen LogP contribution in [0.1, 0.15) is 46.9 Å². The lowest BCUT2D eigenvalue weighted by Gasteiger charge is -2.25. The number of nitrogens with one attached hydrogen (secondary N) is 3. The fourth-order valence-electron chi connectivity index (χ4n) is 4.22. The summed E-state index contributed by atoms with van der Waals surface area (Å²) < 4.78 is 79.5. The van der Waals surface area contributed by atoms with Gasteiger partial charge in [0.2, 0.25) is 0 Å². The van der Waals surface area contributed by atoms with E-state index in [4.69, 9.17) is 5.41 Å². The summed E-state index contributed by atoms with van der Waals surface area (Å²) in [4.78, 5) is 38.0. The van der Waals surface area contributed by atoms with Crippen LogP contribution in [0.5, 0.6) is 0 Å². The van der Waals surface area contributed by atoms with Crippen LogP contribution in [-0.2, 0) is 31.5 Å². The Morgan fingerprint density at radius 1 is 1.10 bits per heavy atom. The smallest absolute Gasteiger partial charge is 0.433 e. The van der Waals surface area contributed by atoms with Gasteiger partial charge < -0.3 is 25.0 Å². The predicted molar refractivity (Wildman–Crippen MR) is 141 cm³/mol. The van der Waals surface area contributed by atoms with E-state index >= 15 is 0 Å². The Bertz CT molecular complexity index is 1380. The lowest BCUT2D eigenvalue weighted by atomic mass is 10.0. The molecule has 1 unspecified atom stereocenters. The van der Waals surface area contributed by atoms with Crippen molar-refractivity contribution in [2.45, 2.75) is 38.5 Å². The first kappa shape index (κ1) is 32.0. The Balaban J connectivity index is 1.92. The van der Waals surface area contributed by atoms with E-state index in [1.54, 1.807) is 0 Å². The van der Waals surface area contributed by atoms with Crippen molar-refractivity contribution in [1.29, 1.82) is 5.41 Å². The third kappa shape index (κ3) is 7.22. The molecular formula is C28H29F5N4O5. The molecule has 226 valence electrons. The lowest BCUT2D eigenvalue weighted by molar-refractivity contribution is -0.173. The highest BCUT2D eigenvalue weighted by Crippen LogP contribution is 2.31. The minimum Gasteiger partial charge on any atom is -0.465 e. The van der Waals surface area contributed by atoms with Crippen molar-refractivity contribution in [3.05, 3.63) is 82.2 Å². The predicted octanol–water partition coefficient (Wildman–Crippen LogP) is 4.20. The molecule has 3 N–H and O–H groups in total. The van der Waals surface area contributed by atoms with Crippen LogP contribution in [0.3, 0.4) is 0 Å². The first-order chi connectivity index (χ1) is 19.7. The summed E-state index contributed by atoms with van der Waals surface area (Å²) in [6.45, 7) is 2.64. The quantitative estimate of drug-likeness (QED) is 0.163. The number of hydrogen-bond donors (Lipinski definition) is 3. The largest absolute Gasteiger partial charge is 0.465 e. The average molecular weight is 597 g/mol. The number of esters is 2. The van der Waals surface area contributed by atoms with E-state index in [9.17, 15) is 36.3 Å². The summed E-state index contributed by atoms with van der Waals surface area (Å²) in [5.74, 6) is -7.78. The van der Waals surface area contributed by atoms with Gasteiger partial charge in [0.15, 0.2) is 5.71 Å². The highest BCUT2D eigenvalue weighted by atomic mass is 19.4. The van der Waals surface area contributed by atoms with Crippen LogP contribution in [0.2, 0.25) is 0 Å². The molecule has 2 aromatic rings. The second-order valence-electron chi connectivity index (χ2n) is 9.25. The third-order valence-corrected chi connectivity index (χ3v) is 6.36. The molecule has 0 bridgehead atoms. The molecule has 14 heteroatoms. The van der Waals surface area contributed by atoms with Crippen LogP contribution in [-0.4, -0.2) is 61.4 Å². The Labute approximate surface area is 238 Å². The van der Waals surface area contributed by atoms with Crippen LogP contribution < -0.4 is 10.6 Å². The molecule has 0 spiro atoms. The summed E-state index contributed by atoms with van der Waals surface area (Å²) in [6, 6.07) is 9.80. The molecule has 9 nitrogen and oxygen atoms in total. The van der Waals surface area contributed by atoms with Gasteiger partial charge in [0.05, 0.1) is 25.3 Å². The number of amides is 1. The van der Waals surface area contributed by atoms with Crippen molar-refractivity contribution in [3.8, 4) is 0 Å². The van der Waals surface area contributed by atoms with Crippen LogP contribution in [0.15, 0.2) is 59.9 Å². The number of ether oxygens (including phenoxy) is 2. The summed E-state index contributed by atoms with van der Waals surface area (Å²) >= 11 is 0. The van der Waals surface area contributed by atoms with Crippen molar-refractivity contribution in [2.24, 2.45) is 0 Å². The second-order valence-corrected chi connectivity index (χ2v) is 9.25. The SMILES string of the molecule is CCOC(=O)C(F)(F)c1cccc(CN2CCN/C2=C(\C(=N)C(F)(F)F)C(=O)NC(C)c2ccc(C(=O)OC)cc2)c1. The van der Waals surface area contributed by atoms with E-state index in [1.165, 1.54) is 62.3 Å². The van der Waals surface area contributed by atoms with Gasteiger partial charge in [0, 0.05) is 25.2 Å². The van der Waals surface area contributed by atoms with Gasteiger partial charge in [-0.1, -0.05) is 30.3 Å². The Kier molecular flexibility index (Phi) is 9.91. The van der Waals surface area contributed by atoms with Crippen LogP contribution in [0.4, 0.5) is 22.0 Å². The third-order valence-electron chi connectivity index (χ3n) is 6.36. The molecule has 1 amide bonds. The van der Waals surface area contributed by atoms with Gasteiger partial charge in [-0.2, -0.15) is 22.0 Å². The van der Waals surface area contributed by atoms with Crippen molar-refractivity contribution >= 4 is 23.6 Å². The number of benzene rings is 2. The Morgan fingerprint density at radius 2 is 1.76 bits per heavy atom. The zero-order valence-corrected chi connectivity index (χ0v) is 22.9. The molecule has 0 radical (unpaired) electrons. The number of methoxy groups -OCH3 is 1. The molecule has 1 heterocycles.